The molecule has 2 amide bonds. The summed E-state index contributed by atoms with van der Waals surface area (Å²) in [6.45, 7) is 4.00. The van der Waals surface area contributed by atoms with Gasteiger partial charge in [-0.1, -0.05) is 55.9 Å². The molecule has 40 heavy (non-hydrogen) atoms. The van der Waals surface area contributed by atoms with E-state index in [2.05, 4.69) is 25.6 Å². The van der Waals surface area contributed by atoms with E-state index in [0.29, 0.717) is 5.56 Å². The third kappa shape index (κ3) is 6.62. The van der Waals surface area contributed by atoms with Crippen LogP contribution in [0.25, 0.3) is 0 Å². The van der Waals surface area contributed by atoms with Crippen molar-refractivity contribution in [1.82, 2.24) is 15.3 Å². The Kier molecular flexibility index (Phi) is 8.18. The molecule has 2 atom stereocenters. The molecule has 0 saturated carbocycles. The Morgan fingerprint density at radius 3 is 2.38 bits per heavy atom. The predicted octanol–water partition coefficient (Wildman–Crippen LogP) is 3.62. The Hall–Kier alpha value is -4.33. The largest absolute Gasteiger partial charge is 0.494 e. The van der Waals surface area contributed by atoms with Gasteiger partial charge in [0.15, 0.2) is 5.17 Å². The summed E-state index contributed by atoms with van der Waals surface area (Å²) in [5, 5.41) is 14.4. The lowest BCUT2D eigenvalue weighted by molar-refractivity contribution is -0.137. The average molecular weight is 576 g/mol. The van der Waals surface area contributed by atoms with Gasteiger partial charge in [-0.05, 0) is 35.2 Å². The Morgan fingerprint density at radius 2 is 1.75 bits per heavy atom. The second kappa shape index (κ2) is 11.4. The molecule has 1 aromatic heterocycles. The normalized spacial score (nSPS) is 17.2. The number of aliphatic imine (C=N–C) groups is 1. The number of anilines is 1. The van der Waals surface area contributed by atoms with E-state index in [9.17, 15) is 37.5 Å². The number of halogens is 3. The number of nitrogens with zero attached hydrogens (tertiary/aromatic N) is 1. The molecule has 2 aromatic carbocycles. The Morgan fingerprint density at radius 1 is 1.07 bits per heavy atom. The molecule has 14 heteroatoms. The van der Waals surface area contributed by atoms with Gasteiger partial charge in [0, 0.05) is 12.1 Å². The topological polar surface area (TPSA) is 157 Å². The van der Waals surface area contributed by atoms with Gasteiger partial charge >= 0.3 is 11.9 Å². The highest BCUT2D eigenvalue weighted by atomic mass is 32.2. The van der Waals surface area contributed by atoms with E-state index in [1.165, 1.54) is 6.07 Å². The number of aromatic hydroxyl groups is 1. The van der Waals surface area contributed by atoms with Crippen LogP contribution in [-0.4, -0.2) is 37.3 Å². The van der Waals surface area contributed by atoms with Gasteiger partial charge < -0.3 is 15.7 Å². The zero-order valence-corrected chi connectivity index (χ0v) is 21.9. The minimum atomic E-state index is -4.58. The van der Waals surface area contributed by atoms with E-state index in [0.717, 1.165) is 35.5 Å². The third-order valence-corrected chi connectivity index (χ3v) is 7.11. The van der Waals surface area contributed by atoms with E-state index in [1.54, 1.807) is 12.1 Å². The zero-order chi connectivity index (χ0) is 29.2. The van der Waals surface area contributed by atoms with Crippen molar-refractivity contribution in [2.45, 2.75) is 43.7 Å². The van der Waals surface area contributed by atoms with Crippen molar-refractivity contribution < 1.29 is 27.9 Å². The molecule has 5 N–H and O–H groups in total. The fraction of sp³-hybridized carbons (Fsp3) is 0.269. The van der Waals surface area contributed by atoms with Crippen molar-refractivity contribution in [1.29, 1.82) is 0 Å². The summed E-state index contributed by atoms with van der Waals surface area (Å²) in [6.07, 6.45) is -4.95. The van der Waals surface area contributed by atoms with E-state index in [1.807, 2.05) is 26.0 Å². The van der Waals surface area contributed by atoms with Crippen molar-refractivity contribution >= 4 is 34.4 Å². The summed E-state index contributed by atoms with van der Waals surface area (Å²) < 4.78 is 38.9. The molecular formula is C26H24F3N5O5S. The molecule has 2 heterocycles. The molecule has 1 saturated heterocycles. The molecule has 0 spiro atoms. The van der Waals surface area contributed by atoms with Gasteiger partial charge in [0.25, 0.3) is 5.56 Å². The number of nitrogens with one attached hydrogen (secondary N) is 4. The van der Waals surface area contributed by atoms with Crippen molar-refractivity contribution in [3.8, 4) is 5.88 Å². The minimum absolute atomic E-state index is 0.0461. The van der Waals surface area contributed by atoms with Crippen LogP contribution in [0.5, 0.6) is 5.88 Å². The number of aromatic nitrogens is 2. The molecule has 210 valence electrons. The van der Waals surface area contributed by atoms with Crippen molar-refractivity contribution in [3.05, 3.63) is 91.6 Å². The summed E-state index contributed by atoms with van der Waals surface area (Å²) in [6, 6.07) is 10.0. The lowest BCUT2D eigenvalue weighted by Gasteiger charge is -2.15. The number of carbonyl (C=O) groups is 2. The first-order valence-corrected chi connectivity index (χ1v) is 12.9. The first kappa shape index (κ1) is 28.7. The smallest absolute Gasteiger partial charge is 0.416 e. The van der Waals surface area contributed by atoms with Crippen LogP contribution in [-0.2, 0) is 15.8 Å². The second-order valence-corrected chi connectivity index (χ2v) is 10.4. The number of hydrogen-bond acceptors (Lipinski definition) is 7. The van der Waals surface area contributed by atoms with Crippen LogP contribution in [0.2, 0.25) is 0 Å². The maximum atomic E-state index is 13.0. The summed E-state index contributed by atoms with van der Waals surface area (Å²) in [5.74, 6) is -1.74. The van der Waals surface area contributed by atoms with Gasteiger partial charge in [0.2, 0.25) is 17.7 Å². The van der Waals surface area contributed by atoms with Crippen LogP contribution in [0.3, 0.4) is 0 Å². The molecule has 10 nitrogen and oxygen atoms in total. The highest BCUT2D eigenvalue weighted by molar-refractivity contribution is 8.15. The van der Waals surface area contributed by atoms with Gasteiger partial charge in [-0.2, -0.15) is 13.2 Å². The summed E-state index contributed by atoms with van der Waals surface area (Å²) in [5.41, 5.74) is -1.57. The molecule has 1 aliphatic heterocycles. The van der Waals surface area contributed by atoms with Crippen LogP contribution in [0.15, 0.2) is 63.1 Å². The number of H-pyrrole nitrogens is 2. The maximum absolute atomic E-state index is 13.0. The van der Waals surface area contributed by atoms with Gasteiger partial charge in [-0.3, -0.25) is 24.4 Å². The molecule has 0 aliphatic carbocycles. The van der Waals surface area contributed by atoms with Crippen LogP contribution < -0.4 is 21.9 Å². The third-order valence-electron chi connectivity index (χ3n) is 6.02. The van der Waals surface area contributed by atoms with Gasteiger partial charge in [0.1, 0.15) is 16.9 Å². The van der Waals surface area contributed by atoms with Crippen LogP contribution >= 0.6 is 11.8 Å². The Labute approximate surface area is 229 Å². The molecule has 1 fully saturated rings. The number of hydrogen-bond donors (Lipinski definition) is 5. The van der Waals surface area contributed by atoms with Gasteiger partial charge in [-0.25, -0.2) is 9.79 Å². The van der Waals surface area contributed by atoms with Crippen molar-refractivity contribution in [2.24, 2.45) is 4.99 Å². The lowest BCUT2D eigenvalue weighted by atomic mass is 9.96. The van der Waals surface area contributed by atoms with Crippen molar-refractivity contribution in [3.63, 3.8) is 0 Å². The average Bonchev–Trinajstić information content (AvgIpc) is 3.20. The number of rotatable bonds is 7. The van der Waals surface area contributed by atoms with Gasteiger partial charge in [0.05, 0.1) is 5.56 Å². The van der Waals surface area contributed by atoms with E-state index < -0.39 is 52.0 Å². The maximum Gasteiger partial charge on any atom is 0.416 e. The highest BCUT2D eigenvalue weighted by Gasteiger charge is 2.34. The van der Waals surface area contributed by atoms with E-state index in [4.69, 9.17) is 0 Å². The predicted molar refractivity (Wildman–Crippen MR) is 143 cm³/mol. The molecule has 4 rings (SSSR count). The Balaban J connectivity index is 1.58. The first-order valence-electron chi connectivity index (χ1n) is 12.0. The lowest BCUT2D eigenvalue weighted by Crippen LogP contribution is -2.29. The highest BCUT2D eigenvalue weighted by Crippen LogP contribution is 2.33. The van der Waals surface area contributed by atoms with E-state index in [-0.39, 0.29) is 28.8 Å². The monoisotopic (exact) mass is 575 g/mol. The van der Waals surface area contributed by atoms with Crippen molar-refractivity contribution in [2.75, 3.05) is 5.32 Å². The zero-order valence-electron chi connectivity index (χ0n) is 21.1. The molecule has 0 unspecified atom stereocenters. The summed E-state index contributed by atoms with van der Waals surface area (Å²) in [7, 11) is 0. The standard InChI is InChI=1S/C26H24F3N5O5S/c1-12(2)13-6-8-14(9-7-13)20(19-22(37)32-24(39)33-23(19)38)31-25-34-21(36)17(40-25)11-18(35)30-16-5-3-4-15(10-16)26(27,28)29/h3-10,12,17,20H,11H2,1-2H3,(H,30,35)(H,31,34,36)(H3,32,33,37,38,39)/t17-,20+/m1/s1. The number of alkyl halides is 3. The summed E-state index contributed by atoms with van der Waals surface area (Å²) >= 11 is 0.888. The van der Waals surface area contributed by atoms with Crippen LogP contribution in [0.4, 0.5) is 18.9 Å². The second-order valence-electron chi connectivity index (χ2n) is 9.26. The fourth-order valence-corrected chi connectivity index (χ4v) is 4.97. The van der Waals surface area contributed by atoms with E-state index >= 15 is 0 Å². The number of amidine groups is 1. The molecular weight excluding hydrogens is 551 g/mol. The Bertz CT molecular complexity index is 1580. The molecule has 0 radical (unpaired) electrons. The number of aromatic amines is 2. The fourth-order valence-electron chi connectivity index (χ4n) is 3.98. The van der Waals surface area contributed by atoms with Gasteiger partial charge in [-0.15, -0.1) is 0 Å². The number of amides is 2. The quantitative estimate of drug-likeness (QED) is 0.290. The molecule has 0 bridgehead atoms. The number of benzene rings is 2. The van der Waals surface area contributed by atoms with Crippen LogP contribution in [0, 0.1) is 0 Å². The number of carbonyl (C=O) groups excluding carboxylic acids is 2. The first-order chi connectivity index (χ1) is 18.8. The summed E-state index contributed by atoms with van der Waals surface area (Å²) in [4.78, 5) is 58.0. The molecule has 1 aliphatic rings. The number of thioether (sulfide) groups is 1. The van der Waals surface area contributed by atoms with Crippen LogP contribution in [0.1, 0.15) is 54.5 Å². The SMILES string of the molecule is CC(C)c1ccc([C@H](N=C2NC(=O)[C@@H](CC(=O)Nc3cccc(C(F)(F)F)c3)S2)c2c(O)[nH]c(=O)[nH]c2=O)cc1. The minimum Gasteiger partial charge on any atom is -0.494 e. The molecule has 3 aromatic rings.